The van der Waals surface area contributed by atoms with Gasteiger partial charge in [0.15, 0.2) is 0 Å². The Hall–Kier alpha value is -2.87. The van der Waals surface area contributed by atoms with E-state index in [1.165, 1.54) is 38.3 Å². The second kappa shape index (κ2) is 4.32. The Bertz CT molecular complexity index is 1230. The Balaban J connectivity index is 2.24. The predicted molar refractivity (Wildman–Crippen MR) is 97.2 cm³/mol. The van der Waals surface area contributed by atoms with Gasteiger partial charge in [0.05, 0.1) is 16.6 Å². The molecule has 2 heterocycles. The molecule has 2 aromatic heterocycles. The highest BCUT2D eigenvalue weighted by molar-refractivity contribution is 6.15. The van der Waals surface area contributed by atoms with Crippen molar-refractivity contribution in [2.45, 2.75) is 13.8 Å². The van der Waals surface area contributed by atoms with Crippen molar-refractivity contribution in [3.8, 4) is 0 Å². The van der Waals surface area contributed by atoms with Gasteiger partial charge < -0.3 is 0 Å². The standard InChI is InChI=1S/C21H16N2/c1-13-11-14(2)20-15-7-3-5-9-18(15)23-19-10-6-4-8-17(19)22-21(23)16(20)12-13/h3-12H,1-2H3. The van der Waals surface area contributed by atoms with Crippen molar-refractivity contribution in [3.05, 3.63) is 71.8 Å². The lowest BCUT2D eigenvalue weighted by Gasteiger charge is -2.12. The summed E-state index contributed by atoms with van der Waals surface area (Å²) in [6.45, 7) is 4.35. The van der Waals surface area contributed by atoms with Crippen molar-refractivity contribution in [2.24, 2.45) is 0 Å². The van der Waals surface area contributed by atoms with Gasteiger partial charge >= 0.3 is 0 Å². The molecule has 3 aromatic carbocycles. The average molecular weight is 296 g/mol. The number of pyridine rings is 1. The second-order valence-electron chi connectivity index (χ2n) is 6.28. The minimum atomic E-state index is 1.05. The second-order valence-corrected chi connectivity index (χ2v) is 6.28. The van der Waals surface area contributed by atoms with E-state index < -0.39 is 0 Å². The molecular formula is C21H16N2. The van der Waals surface area contributed by atoms with Gasteiger partial charge in [-0.05, 0) is 49.1 Å². The van der Waals surface area contributed by atoms with Crippen molar-refractivity contribution in [1.82, 2.24) is 9.38 Å². The number of fused-ring (bicyclic) bond motifs is 8. The molecule has 0 spiro atoms. The van der Waals surface area contributed by atoms with Crippen molar-refractivity contribution in [1.29, 1.82) is 0 Å². The predicted octanol–water partition coefficient (Wildman–Crippen LogP) is 5.41. The van der Waals surface area contributed by atoms with E-state index in [1.54, 1.807) is 0 Å². The third kappa shape index (κ3) is 1.61. The van der Waals surface area contributed by atoms with Crippen LogP contribution in [0.4, 0.5) is 0 Å². The molecule has 0 amide bonds. The Labute approximate surface area is 134 Å². The molecule has 110 valence electrons. The van der Waals surface area contributed by atoms with E-state index in [4.69, 9.17) is 4.98 Å². The van der Waals surface area contributed by atoms with Gasteiger partial charge in [-0.2, -0.15) is 0 Å². The fourth-order valence-electron chi connectivity index (χ4n) is 3.83. The van der Waals surface area contributed by atoms with E-state index in [1.807, 2.05) is 0 Å². The first-order valence-corrected chi connectivity index (χ1v) is 7.93. The molecule has 0 radical (unpaired) electrons. The maximum absolute atomic E-state index is 4.94. The summed E-state index contributed by atoms with van der Waals surface area (Å²) < 4.78 is 2.30. The lowest BCUT2D eigenvalue weighted by molar-refractivity contribution is 1.31. The molecule has 0 aliphatic heterocycles. The quantitative estimate of drug-likeness (QED) is 0.349. The zero-order valence-corrected chi connectivity index (χ0v) is 13.2. The molecule has 0 atom stereocenters. The van der Waals surface area contributed by atoms with Gasteiger partial charge in [-0.25, -0.2) is 4.98 Å². The van der Waals surface area contributed by atoms with Crippen LogP contribution < -0.4 is 0 Å². The first kappa shape index (κ1) is 12.7. The van der Waals surface area contributed by atoms with Gasteiger partial charge in [-0.15, -0.1) is 0 Å². The third-order valence-electron chi connectivity index (χ3n) is 4.70. The van der Waals surface area contributed by atoms with E-state index in [9.17, 15) is 0 Å². The zero-order valence-electron chi connectivity index (χ0n) is 13.2. The summed E-state index contributed by atoms with van der Waals surface area (Å²) in [4.78, 5) is 4.94. The molecule has 0 aliphatic rings. The topological polar surface area (TPSA) is 17.3 Å². The zero-order chi connectivity index (χ0) is 15.6. The van der Waals surface area contributed by atoms with Crippen LogP contribution in [0.3, 0.4) is 0 Å². The monoisotopic (exact) mass is 296 g/mol. The van der Waals surface area contributed by atoms with Gasteiger partial charge in [-0.3, -0.25) is 4.40 Å². The Kier molecular flexibility index (Phi) is 2.38. The molecule has 0 unspecified atom stereocenters. The highest BCUT2D eigenvalue weighted by Crippen LogP contribution is 2.34. The smallest absolute Gasteiger partial charge is 0.146 e. The third-order valence-corrected chi connectivity index (χ3v) is 4.70. The summed E-state index contributed by atoms with van der Waals surface area (Å²) >= 11 is 0. The van der Waals surface area contributed by atoms with Gasteiger partial charge in [-0.1, -0.05) is 42.0 Å². The van der Waals surface area contributed by atoms with Crippen LogP contribution in [0.25, 0.3) is 38.4 Å². The number of para-hydroxylation sites is 3. The van der Waals surface area contributed by atoms with E-state index in [0.717, 1.165) is 11.2 Å². The number of aromatic nitrogens is 2. The molecule has 2 nitrogen and oxygen atoms in total. The van der Waals surface area contributed by atoms with Crippen LogP contribution in [-0.4, -0.2) is 9.38 Å². The Morgan fingerprint density at radius 1 is 0.783 bits per heavy atom. The van der Waals surface area contributed by atoms with Crippen LogP contribution in [0.1, 0.15) is 11.1 Å². The van der Waals surface area contributed by atoms with Crippen LogP contribution in [0.15, 0.2) is 60.7 Å². The molecule has 0 N–H and O–H groups in total. The molecule has 23 heavy (non-hydrogen) atoms. The average Bonchev–Trinajstić information content (AvgIpc) is 2.94. The molecule has 2 heteroatoms. The summed E-state index contributed by atoms with van der Waals surface area (Å²) in [6, 6.07) is 21.5. The Morgan fingerprint density at radius 2 is 1.52 bits per heavy atom. The largest absolute Gasteiger partial charge is 0.292 e. The maximum Gasteiger partial charge on any atom is 0.146 e. The molecule has 0 saturated heterocycles. The first-order chi connectivity index (χ1) is 11.2. The maximum atomic E-state index is 4.94. The number of rotatable bonds is 0. The minimum Gasteiger partial charge on any atom is -0.292 e. The van der Waals surface area contributed by atoms with Crippen LogP contribution in [0.2, 0.25) is 0 Å². The van der Waals surface area contributed by atoms with Crippen molar-refractivity contribution < 1.29 is 0 Å². The summed E-state index contributed by atoms with van der Waals surface area (Å²) in [6.07, 6.45) is 0. The normalized spacial score (nSPS) is 11.9. The minimum absolute atomic E-state index is 1.05. The fourth-order valence-corrected chi connectivity index (χ4v) is 3.83. The van der Waals surface area contributed by atoms with Crippen molar-refractivity contribution >= 4 is 38.4 Å². The van der Waals surface area contributed by atoms with Crippen molar-refractivity contribution in [2.75, 3.05) is 0 Å². The number of nitrogens with zero attached hydrogens (tertiary/aromatic N) is 2. The van der Waals surface area contributed by atoms with Gasteiger partial charge in [0.25, 0.3) is 0 Å². The van der Waals surface area contributed by atoms with E-state index in [2.05, 4.69) is 78.9 Å². The molecule has 0 bridgehead atoms. The number of imidazole rings is 1. The van der Waals surface area contributed by atoms with E-state index in [-0.39, 0.29) is 0 Å². The van der Waals surface area contributed by atoms with E-state index in [0.29, 0.717) is 0 Å². The number of aryl methyl sites for hydroxylation is 2. The Morgan fingerprint density at radius 3 is 2.39 bits per heavy atom. The van der Waals surface area contributed by atoms with Crippen LogP contribution in [0, 0.1) is 13.8 Å². The molecule has 0 aliphatic carbocycles. The SMILES string of the molecule is Cc1cc(C)c2c3ccccc3n3c4ccccc4nc3c2c1. The van der Waals surface area contributed by atoms with Gasteiger partial charge in [0.1, 0.15) is 5.65 Å². The first-order valence-electron chi connectivity index (χ1n) is 7.93. The highest BCUT2D eigenvalue weighted by atomic mass is 15.0. The molecular weight excluding hydrogens is 280 g/mol. The highest BCUT2D eigenvalue weighted by Gasteiger charge is 2.14. The summed E-state index contributed by atoms with van der Waals surface area (Å²) in [7, 11) is 0. The fraction of sp³-hybridized carbons (Fsp3) is 0.0952. The van der Waals surface area contributed by atoms with Gasteiger partial charge in [0, 0.05) is 10.8 Å². The van der Waals surface area contributed by atoms with Crippen LogP contribution in [0.5, 0.6) is 0 Å². The summed E-state index contributed by atoms with van der Waals surface area (Å²) in [5.74, 6) is 0. The molecule has 5 aromatic rings. The van der Waals surface area contributed by atoms with Crippen LogP contribution >= 0.6 is 0 Å². The van der Waals surface area contributed by atoms with Crippen molar-refractivity contribution in [3.63, 3.8) is 0 Å². The summed E-state index contributed by atoms with van der Waals surface area (Å²) in [5.41, 5.74) is 7.07. The molecule has 0 fully saturated rings. The molecule has 0 saturated carbocycles. The van der Waals surface area contributed by atoms with Gasteiger partial charge in [0.2, 0.25) is 0 Å². The summed E-state index contributed by atoms with van der Waals surface area (Å²) in [5, 5.41) is 3.84. The number of hydrogen-bond acceptors (Lipinski definition) is 1. The number of hydrogen-bond donors (Lipinski definition) is 0. The lowest BCUT2D eigenvalue weighted by atomic mass is 9.99. The number of benzene rings is 3. The lowest BCUT2D eigenvalue weighted by Crippen LogP contribution is -1.93. The molecule has 5 rings (SSSR count). The van der Waals surface area contributed by atoms with E-state index >= 15 is 0 Å². The van der Waals surface area contributed by atoms with Crippen LogP contribution in [-0.2, 0) is 0 Å².